The molecule has 2 aliphatic rings. The van der Waals surface area contributed by atoms with Gasteiger partial charge in [-0.2, -0.15) is 0 Å². The van der Waals surface area contributed by atoms with Crippen LogP contribution < -0.4 is 0 Å². The standard InChI is InChI=1S/C40H31N3S/c41-34(28-13-4-1-5-14-28)24-25-35(42)37-21-12-20-36(43-37)29-23-26-39-33(27-29)40(30-15-6-2-7-16-30,31-17-8-3-9-18-31)32-19-10-11-22-38(32)44-39/h1-17,19-27,31,41-42H,18H2/b25-24-,41-34?,42-35?. The van der Waals surface area contributed by atoms with Crippen LogP contribution in [-0.4, -0.2) is 16.4 Å². The van der Waals surface area contributed by atoms with Gasteiger partial charge in [-0.3, -0.25) is 5.41 Å². The maximum atomic E-state index is 8.72. The molecule has 212 valence electrons. The summed E-state index contributed by atoms with van der Waals surface area (Å²) in [4.78, 5) is 7.49. The van der Waals surface area contributed by atoms with Gasteiger partial charge in [0.25, 0.3) is 0 Å². The molecule has 0 amide bonds. The van der Waals surface area contributed by atoms with Crippen molar-refractivity contribution in [3.05, 3.63) is 186 Å². The van der Waals surface area contributed by atoms with E-state index in [1.807, 2.05) is 60.3 Å². The number of hydrogen-bond donors (Lipinski definition) is 2. The molecule has 2 unspecified atom stereocenters. The lowest BCUT2D eigenvalue weighted by atomic mass is 9.60. The molecule has 3 nitrogen and oxygen atoms in total. The van der Waals surface area contributed by atoms with Crippen molar-refractivity contribution >= 4 is 23.2 Å². The van der Waals surface area contributed by atoms with Crippen molar-refractivity contribution in [1.29, 1.82) is 10.8 Å². The third-order valence-electron chi connectivity index (χ3n) is 8.52. The van der Waals surface area contributed by atoms with Gasteiger partial charge in [-0.05, 0) is 77.1 Å². The summed E-state index contributed by atoms with van der Waals surface area (Å²) in [7, 11) is 0. The molecule has 0 saturated carbocycles. The maximum Gasteiger partial charge on any atom is 0.0886 e. The van der Waals surface area contributed by atoms with Gasteiger partial charge < -0.3 is 5.41 Å². The first kappa shape index (κ1) is 27.8. The van der Waals surface area contributed by atoms with E-state index < -0.39 is 0 Å². The zero-order valence-electron chi connectivity index (χ0n) is 24.2. The van der Waals surface area contributed by atoms with Crippen molar-refractivity contribution in [3.8, 4) is 11.3 Å². The number of aromatic nitrogens is 1. The molecule has 0 radical (unpaired) electrons. The monoisotopic (exact) mass is 585 g/mol. The SMILES string of the molecule is N=C(/C=C\C(=N)c1cccc(-c2ccc3c(c2)C(c2ccccc2)(C2C=CC=CC2)c2ccccc2S3)n1)c1ccccc1. The van der Waals surface area contributed by atoms with E-state index in [0.29, 0.717) is 11.4 Å². The minimum atomic E-state index is -0.374. The zero-order chi connectivity index (χ0) is 29.9. The summed E-state index contributed by atoms with van der Waals surface area (Å²) in [5, 5.41) is 17.1. The molecule has 2 N–H and O–H groups in total. The van der Waals surface area contributed by atoms with Gasteiger partial charge in [0.1, 0.15) is 0 Å². The molecule has 1 aliphatic carbocycles. The number of rotatable bonds is 7. The predicted octanol–water partition coefficient (Wildman–Crippen LogP) is 9.67. The largest absolute Gasteiger partial charge is 0.300 e. The average molecular weight is 586 g/mol. The lowest BCUT2D eigenvalue weighted by Gasteiger charge is -2.46. The molecule has 0 bridgehead atoms. The van der Waals surface area contributed by atoms with E-state index in [2.05, 4.69) is 97.1 Å². The van der Waals surface area contributed by atoms with Crippen molar-refractivity contribution in [2.75, 3.05) is 0 Å². The topological polar surface area (TPSA) is 60.6 Å². The third kappa shape index (κ3) is 4.97. The van der Waals surface area contributed by atoms with Crippen LogP contribution in [0.1, 0.15) is 34.4 Å². The van der Waals surface area contributed by atoms with Gasteiger partial charge >= 0.3 is 0 Å². The first-order valence-electron chi connectivity index (χ1n) is 14.8. The van der Waals surface area contributed by atoms with E-state index >= 15 is 0 Å². The quantitative estimate of drug-likeness (QED) is 0.187. The van der Waals surface area contributed by atoms with Gasteiger partial charge in [-0.25, -0.2) is 4.98 Å². The lowest BCUT2D eigenvalue weighted by Crippen LogP contribution is -2.39. The fraction of sp³-hybridized carbons (Fsp3) is 0.0750. The fourth-order valence-corrected chi connectivity index (χ4v) is 7.66. The molecule has 0 saturated heterocycles. The Morgan fingerprint density at radius 1 is 0.705 bits per heavy atom. The number of nitrogens with one attached hydrogen (secondary N) is 2. The highest BCUT2D eigenvalue weighted by Crippen LogP contribution is 2.57. The van der Waals surface area contributed by atoms with Crippen LogP contribution in [0.15, 0.2) is 168 Å². The van der Waals surface area contributed by atoms with Crippen molar-refractivity contribution in [1.82, 2.24) is 4.98 Å². The second kappa shape index (κ2) is 11.9. The summed E-state index contributed by atoms with van der Waals surface area (Å²) in [6.45, 7) is 0. The number of pyridine rings is 1. The summed E-state index contributed by atoms with van der Waals surface area (Å²) < 4.78 is 0. The van der Waals surface area contributed by atoms with Crippen molar-refractivity contribution in [3.63, 3.8) is 0 Å². The maximum absolute atomic E-state index is 8.72. The van der Waals surface area contributed by atoms with Gasteiger partial charge in [0, 0.05) is 15.4 Å². The number of hydrogen-bond acceptors (Lipinski definition) is 4. The summed E-state index contributed by atoms with van der Waals surface area (Å²) in [5.74, 6) is 0.239. The molecule has 0 spiro atoms. The molecule has 1 aromatic heterocycles. The normalized spacial score (nSPS) is 18.5. The second-order valence-electron chi connectivity index (χ2n) is 11.1. The second-order valence-corrected chi connectivity index (χ2v) is 12.2. The van der Waals surface area contributed by atoms with Gasteiger partial charge in [0.2, 0.25) is 0 Å². The molecular formula is C40H31N3S. The van der Waals surface area contributed by atoms with Crippen LogP contribution in [0, 0.1) is 16.7 Å². The molecule has 7 rings (SSSR count). The van der Waals surface area contributed by atoms with Crippen LogP contribution >= 0.6 is 11.8 Å². The molecule has 1 aliphatic heterocycles. The summed E-state index contributed by atoms with van der Waals surface area (Å²) in [6, 6.07) is 41.9. The van der Waals surface area contributed by atoms with Crippen LogP contribution in [0.4, 0.5) is 0 Å². The number of benzene rings is 4. The van der Waals surface area contributed by atoms with Crippen LogP contribution in [0.3, 0.4) is 0 Å². The Morgan fingerprint density at radius 2 is 1.43 bits per heavy atom. The Balaban J connectivity index is 1.32. The molecule has 2 heterocycles. The molecule has 5 aromatic rings. The molecule has 4 aromatic carbocycles. The Labute approximate surface area is 262 Å². The molecular weight excluding hydrogens is 555 g/mol. The molecule has 0 fully saturated rings. The Morgan fingerprint density at radius 3 is 2.23 bits per heavy atom. The first-order chi connectivity index (χ1) is 21.6. The summed E-state index contributed by atoms with van der Waals surface area (Å²) in [5.41, 5.74) is 7.40. The first-order valence-corrected chi connectivity index (χ1v) is 15.7. The van der Waals surface area contributed by atoms with Gasteiger partial charge in [0.05, 0.1) is 28.2 Å². The summed E-state index contributed by atoms with van der Waals surface area (Å²) >= 11 is 1.84. The van der Waals surface area contributed by atoms with Crippen LogP contribution in [-0.2, 0) is 5.41 Å². The van der Waals surface area contributed by atoms with E-state index in [4.69, 9.17) is 15.8 Å². The number of nitrogens with zero attached hydrogens (tertiary/aromatic N) is 1. The lowest BCUT2D eigenvalue weighted by molar-refractivity contribution is 0.432. The minimum absolute atomic E-state index is 0.239. The number of fused-ring (bicyclic) bond motifs is 2. The summed E-state index contributed by atoms with van der Waals surface area (Å²) in [6.07, 6.45) is 13.3. The Hall–Kier alpha value is -5.06. The zero-order valence-corrected chi connectivity index (χ0v) is 25.0. The molecule has 44 heavy (non-hydrogen) atoms. The Bertz CT molecular complexity index is 1960. The number of allylic oxidation sites excluding steroid dienone is 6. The van der Waals surface area contributed by atoms with Crippen molar-refractivity contribution in [2.24, 2.45) is 5.92 Å². The molecule has 4 heteroatoms. The Kier molecular flexibility index (Phi) is 7.51. The molecule has 2 atom stereocenters. The third-order valence-corrected chi connectivity index (χ3v) is 9.68. The van der Waals surface area contributed by atoms with Crippen LogP contribution in [0.2, 0.25) is 0 Å². The van der Waals surface area contributed by atoms with E-state index in [1.165, 1.54) is 26.5 Å². The predicted molar refractivity (Wildman–Crippen MR) is 182 cm³/mol. The van der Waals surface area contributed by atoms with Crippen LogP contribution in [0.5, 0.6) is 0 Å². The van der Waals surface area contributed by atoms with Crippen molar-refractivity contribution < 1.29 is 0 Å². The smallest absolute Gasteiger partial charge is 0.0886 e. The average Bonchev–Trinajstić information content (AvgIpc) is 3.10. The highest BCUT2D eigenvalue weighted by Gasteiger charge is 2.47. The van der Waals surface area contributed by atoms with E-state index in [9.17, 15) is 0 Å². The highest BCUT2D eigenvalue weighted by molar-refractivity contribution is 7.99. The van der Waals surface area contributed by atoms with E-state index in [0.717, 1.165) is 23.2 Å². The van der Waals surface area contributed by atoms with E-state index in [-0.39, 0.29) is 17.0 Å². The van der Waals surface area contributed by atoms with Crippen LogP contribution in [0.25, 0.3) is 11.3 Å². The van der Waals surface area contributed by atoms with Crippen molar-refractivity contribution in [2.45, 2.75) is 21.6 Å². The minimum Gasteiger partial charge on any atom is -0.300 e. The van der Waals surface area contributed by atoms with E-state index in [1.54, 1.807) is 12.2 Å². The van der Waals surface area contributed by atoms with Gasteiger partial charge in [-0.15, -0.1) is 0 Å². The van der Waals surface area contributed by atoms with Gasteiger partial charge in [0.15, 0.2) is 0 Å². The van der Waals surface area contributed by atoms with Gasteiger partial charge in [-0.1, -0.05) is 127 Å². The highest BCUT2D eigenvalue weighted by atomic mass is 32.2. The fourth-order valence-electron chi connectivity index (χ4n) is 6.47.